The first kappa shape index (κ1) is 31.8. The zero-order valence-electron chi connectivity index (χ0n) is 23.2. The number of hydrogen-bond acceptors (Lipinski definition) is 9. The van der Waals surface area contributed by atoms with Crippen LogP contribution < -0.4 is 10.0 Å². The fourth-order valence-electron chi connectivity index (χ4n) is 4.22. The smallest absolute Gasteiger partial charge is 0.414 e. The number of rotatable bonds is 9. The van der Waals surface area contributed by atoms with E-state index in [0.717, 1.165) is 30.0 Å². The van der Waals surface area contributed by atoms with Crippen molar-refractivity contribution in [3.63, 3.8) is 0 Å². The van der Waals surface area contributed by atoms with Crippen LogP contribution in [0.4, 0.5) is 9.18 Å². The van der Waals surface area contributed by atoms with Crippen molar-refractivity contribution in [3.8, 4) is 0 Å². The average molecular weight is 598 g/mol. The minimum atomic E-state index is -4.30. The third-order valence-corrected chi connectivity index (χ3v) is 8.76. The lowest BCUT2D eigenvalue weighted by molar-refractivity contribution is -0.157. The number of halogens is 1. The summed E-state index contributed by atoms with van der Waals surface area (Å²) in [4.78, 5) is 40.4. The Hall–Kier alpha value is -2.74. The van der Waals surface area contributed by atoms with E-state index in [2.05, 4.69) is 10.0 Å². The van der Waals surface area contributed by atoms with Gasteiger partial charge in [-0.15, -0.1) is 0 Å². The Morgan fingerprint density at radius 1 is 1.23 bits per heavy atom. The number of sulfonamides is 1. The van der Waals surface area contributed by atoms with Crippen LogP contribution in [0.3, 0.4) is 0 Å². The molecule has 0 radical (unpaired) electrons. The van der Waals surface area contributed by atoms with Gasteiger partial charge in [-0.2, -0.15) is 16.5 Å². The lowest BCUT2D eigenvalue weighted by Gasteiger charge is -2.37. The zero-order valence-corrected chi connectivity index (χ0v) is 24.9. The molecule has 2 aliphatic rings. The highest BCUT2D eigenvalue weighted by Crippen LogP contribution is 2.39. The molecule has 1 aromatic rings. The highest BCUT2D eigenvalue weighted by molar-refractivity contribution is 7.99. The molecular weight excluding hydrogens is 561 g/mol. The molecule has 1 heterocycles. The van der Waals surface area contributed by atoms with Crippen LogP contribution >= 0.6 is 11.8 Å². The van der Waals surface area contributed by atoms with Crippen LogP contribution in [0, 0.1) is 11.2 Å². The molecule has 0 saturated carbocycles. The van der Waals surface area contributed by atoms with E-state index < -0.39 is 51.0 Å². The van der Waals surface area contributed by atoms with E-state index in [0.29, 0.717) is 12.3 Å². The van der Waals surface area contributed by atoms with E-state index in [9.17, 15) is 27.2 Å². The highest BCUT2D eigenvalue weighted by Gasteiger charge is 2.45. The summed E-state index contributed by atoms with van der Waals surface area (Å²) in [5, 5.41) is 3.21. The maximum absolute atomic E-state index is 14.0. The van der Waals surface area contributed by atoms with Crippen molar-refractivity contribution in [2.75, 3.05) is 32.1 Å². The van der Waals surface area contributed by atoms with Crippen LogP contribution in [0.15, 0.2) is 53.1 Å². The molecule has 40 heavy (non-hydrogen) atoms. The van der Waals surface area contributed by atoms with Gasteiger partial charge in [0.25, 0.3) is 0 Å². The van der Waals surface area contributed by atoms with Crippen LogP contribution in [0.5, 0.6) is 0 Å². The number of allylic oxidation sites excluding steroid dienone is 3. The quantitative estimate of drug-likeness (QED) is 0.413. The van der Waals surface area contributed by atoms with Crippen molar-refractivity contribution >= 4 is 39.6 Å². The normalized spacial score (nSPS) is 22.1. The lowest BCUT2D eigenvalue weighted by atomic mass is 9.71. The largest absolute Gasteiger partial charge is 0.459 e. The van der Waals surface area contributed by atoms with Gasteiger partial charge in [-0.3, -0.25) is 9.59 Å². The molecule has 3 atom stereocenters. The molecule has 0 aromatic heterocycles. The minimum Gasteiger partial charge on any atom is -0.459 e. The zero-order chi connectivity index (χ0) is 29.7. The van der Waals surface area contributed by atoms with Crippen molar-refractivity contribution < 1.29 is 36.7 Å². The second-order valence-electron chi connectivity index (χ2n) is 10.9. The predicted molar refractivity (Wildman–Crippen MR) is 150 cm³/mol. The number of esters is 1. The molecule has 10 nitrogen and oxygen atoms in total. The van der Waals surface area contributed by atoms with E-state index in [4.69, 9.17) is 9.47 Å². The molecule has 2 unspecified atom stereocenters. The number of nitrogens with one attached hydrogen (secondary N) is 2. The van der Waals surface area contributed by atoms with Crippen molar-refractivity contribution in [3.05, 3.63) is 54.1 Å². The topological polar surface area (TPSA) is 131 Å². The lowest BCUT2D eigenvalue weighted by Crippen LogP contribution is -2.54. The Labute approximate surface area is 238 Å². The monoisotopic (exact) mass is 597 g/mol. The van der Waals surface area contributed by atoms with Gasteiger partial charge in [-0.25, -0.2) is 17.6 Å². The summed E-state index contributed by atoms with van der Waals surface area (Å²) in [5.41, 5.74) is -2.26. The Bertz CT molecular complexity index is 1270. The summed E-state index contributed by atoms with van der Waals surface area (Å²) < 4.78 is 53.2. The molecule has 0 bridgehead atoms. The SMILES string of the molecule is CN(C)C(=O)OC1=CCC(C[C@H](NS(=O)(=O)c2ccc(F)cc2)C(=O)OC(C)(C)C)(C(=O)C2CSCCN2)C=C1. The minimum absolute atomic E-state index is 0.0544. The van der Waals surface area contributed by atoms with E-state index in [1.807, 2.05) is 0 Å². The Balaban J connectivity index is 1.98. The van der Waals surface area contributed by atoms with Crippen LogP contribution in [-0.2, 0) is 29.1 Å². The molecular formula is C27H36FN3O7S2. The van der Waals surface area contributed by atoms with Crippen molar-refractivity contribution in [2.45, 2.75) is 56.2 Å². The molecule has 1 aliphatic heterocycles. The number of Topliss-reactive ketones (excluding diaryl/α,β-unsaturated/α-hetero) is 1. The van der Waals surface area contributed by atoms with Gasteiger partial charge < -0.3 is 19.7 Å². The molecule has 1 amide bonds. The molecule has 1 aromatic carbocycles. The van der Waals surface area contributed by atoms with Gasteiger partial charge in [0.1, 0.15) is 23.2 Å². The standard InChI is InChI=1S/C27H36FN3O7S2/c1-26(2,3)38-24(33)21(30-40(35,36)20-8-6-18(28)7-9-20)16-27(23(32)22-17-39-15-14-29-22)12-10-19(11-13-27)37-25(34)31(4)5/h6-12,21-22,29-30H,13-17H2,1-5H3/t21-,22?,27?/m0/s1. The number of amides is 1. The van der Waals surface area contributed by atoms with Gasteiger partial charge in [-0.05, 0) is 70.0 Å². The number of nitrogens with zero attached hydrogens (tertiary/aromatic N) is 1. The first-order valence-corrected chi connectivity index (χ1v) is 15.4. The second kappa shape index (κ2) is 12.8. The van der Waals surface area contributed by atoms with Crippen molar-refractivity contribution in [1.82, 2.24) is 14.9 Å². The van der Waals surface area contributed by atoms with Crippen LogP contribution in [0.2, 0.25) is 0 Å². The summed E-state index contributed by atoms with van der Waals surface area (Å²) in [6, 6.07) is 2.18. The number of hydrogen-bond donors (Lipinski definition) is 2. The van der Waals surface area contributed by atoms with E-state index in [1.54, 1.807) is 44.7 Å². The van der Waals surface area contributed by atoms with Crippen LogP contribution in [0.1, 0.15) is 33.6 Å². The fraction of sp³-hybridized carbons (Fsp3) is 0.519. The Morgan fingerprint density at radius 3 is 2.42 bits per heavy atom. The maximum Gasteiger partial charge on any atom is 0.414 e. The summed E-state index contributed by atoms with van der Waals surface area (Å²) in [5.74, 6) is -0.115. The van der Waals surface area contributed by atoms with E-state index in [1.165, 1.54) is 25.1 Å². The number of carbonyl (C=O) groups excluding carboxylic acids is 3. The molecule has 220 valence electrons. The Morgan fingerprint density at radius 2 is 1.90 bits per heavy atom. The molecule has 0 spiro atoms. The fourth-order valence-corrected chi connectivity index (χ4v) is 6.34. The first-order chi connectivity index (χ1) is 18.6. The third-order valence-electron chi connectivity index (χ3n) is 6.21. The number of thioether (sulfide) groups is 1. The van der Waals surface area contributed by atoms with E-state index in [-0.39, 0.29) is 29.3 Å². The van der Waals surface area contributed by atoms with Crippen molar-refractivity contribution in [1.29, 1.82) is 0 Å². The summed E-state index contributed by atoms with van der Waals surface area (Å²) in [7, 11) is -1.23. The molecule has 1 fully saturated rings. The predicted octanol–water partition coefficient (Wildman–Crippen LogP) is 3.01. The third kappa shape index (κ3) is 8.38. The maximum atomic E-state index is 14.0. The molecule has 2 N–H and O–H groups in total. The van der Waals surface area contributed by atoms with Gasteiger partial charge in [0.15, 0.2) is 5.78 Å². The van der Waals surface area contributed by atoms with Crippen LogP contribution in [0.25, 0.3) is 0 Å². The summed E-state index contributed by atoms with van der Waals surface area (Å²) in [6.07, 6.45) is 3.83. The highest BCUT2D eigenvalue weighted by atomic mass is 32.2. The molecule has 1 saturated heterocycles. The Kier molecular flexibility index (Phi) is 10.2. The van der Waals surface area contributed by atoms with Gasteiger partial charge >= 0.3 is 12.1 Å². The average Bonchev–Trinajstić information content (AvgIpc) is 2.88. The number of carbonyl (C=O) groups is 3. The van der Waals surface area contributed by atoms with Crippen LogP contribution in [-0.4, -0.2) is 81.0 Å². The molecule has 13 heteroatoms. The van der Waals surface area contributed by atoms with Crippen molar-refractivity contribution in [2.24, 2.45) is 5.41 Å². The van der Waals surface area contributed by atoms with Gasteiger partial charge in [0.05, 0.1) is 16.4 Å². The van der Waals surface area contributed by atoms with Gasteiger partial charge in [0, 0.05) is 32.1 Å². The summed E-state index contributed by atoms with van der Waals surface area (Å²) >= 11 is 1.62. The first-order valence-electron chi connectivity index (χ1n) is 12.8. The molecule has 1 aliphatic carbocycles. The number of ether oxygens (including phenoxy) is 2. The second-order valence-corrected chi connectivity index (χ2v) is 13.7. The van der Waals surface area contributed by atoms with Gasteiger partial charge in [0.2, 0.25) is 10.0 Å². The van der Waals surface area contributed by atoms with Gasteiger partial charge in [-0.1, -0.05) is 6.08 Å². The number of benzene rings is 1. The number of ketones is 1. The molecule has 3 rings (SSSR count). The van der Waals surface area contributed by atoms with E-state index >= 15 is 0 Å². The summed E-state index contributed by atoms with van der Waals surface area (Å²) in [6.45, 7) is 5.56.